The first kappa shape index (κ1) is 23.1. The zero-order valence-electron chi connectivity index (χ0n) is 18.8. The van der Waals surface area contributed by atoms with Gasteiger partial charge in [-0.05, 0) is 5.56 Å². The van der Waals surface area contributed by atoms with E-state index in [1.165, 1.54) is 5.56 Å². The molecule has 32 heavy (non-hydrogen) atoms. The van der Waals surface area contributed by atoms with Gasteiger partial charge in [-0.25, -0.2) is 0 Å². The molecule has 7 rings (SSSR count). The van der Waals surface area contributed by atoms with Crippen molar-refractivity contribution < 1.29 is 26.6 Å². The van der Waals surface area contributed by atoms with Gasteiger partial charge in [0.1, 0.15) is 0 Å². The number of hydrogen-bond acceptors (Lipinski definition) is 9. The van der Waals surface area contributed by atoms with Crippen LogP contribution in [0.25, 0.3) is 0 Å². The molecule has 0 radical (unpaired) electrons. The minimum absolute atomic E-state index is 0.610. The Bertz CT molecular complexity index is 640. The van der Waals surface area contributed by atoms with Crippen molar-refractivity contribution in [3.05, 3.63) is 35.9 Å². The molecule has 6 aliphatic rings. The van der Waals surface area contributed by atoms with Gasteiger partial charge in [-0.1, -0.05) is 30.3 Å². The highest BCUT2D eigenvalue weighted by Gasteiger charge is 2.50. The molecule has 6 fully saturated rings. The minimum Gasteiger partial charge on any atom is -0.371 e. The Morgan fingerprint density at radius 1 is 0.594 bits per heavy atom. The highest BCUT2D eigenvalue weighted by atomic mass is 28.4. The van der Waals surface area contributed by atoms with Crippen LogP contribution in [0.3, 0.4) is 0 Å². The van der Waals surface area contributed by atoms with E-state index in [0.717, 1.165) is 45.8 Å². The van der Waals surface area contributed by atoms with Crippen molar-refractivity contribution in [3.63, 3.8) is 0 Å². The van der Waals surface area contributed by atoms with Gasteiger partial charge in [-0.3, -0.25) is 14.7 Å². The maximum Gasteiger partial charge on any atom is 0.515 e. The molecular weight excluding hydrogens is 446 g/mol. The number of rotatable bonds is 6. The molecule has 6 aliphatic heterocycles. The first-order valence-electron chi connectivity index (χ1n) is 11.8. The molecule has 0 spiro atoms. The van der Waals surface area contributed by atoms with E-state index in [4.69, 9.17) is 26.6 Å². The number of hydrogen-bond donors (Lipinski definition) is 0. The van der Waals surface area contributed by atoms with E-state index in [1.54, 1.807) is 0 Å². The molecule has 6 heterocycles. The second kappa shape index (κ2) is 10.7. The Hall–Kier alpha value is -0.706. The molecule has 1 aromatic carbocycles. The predicted octanol–water partition coefficient (Wildman–Crippen LogP) is 0.203. The van der Waals surface area contributed by atoms with Gasteiger partial charge < -0.3 is 26.6 Å². The lowest BCUT2D eigenvalue weighted by Gasteiger charge is -2.43. The van der Waals surface area contributed by atoms with Crippen LogP contribution >= 0.6 is 0 Å². The maximum absolute atomic E-state index is 6.34. The lowest BCUT2D eigenvalue weighted by molar-refractivity contribution is -0.0257. The molecule has 0 aromatic heterocycles. The van der Waals surface area contributed by atoms with E-state index in [1.807, 2.05) is 6.07 Å². The van der Waals surface area contributed by atoms with Crippen LogP contribution < -0.4 is 0 Å². The van der Waals surface area contributed by atoms with Crippen LogP contribution in [0.15, 0.2) is 30.3 Å². The summed E-state index contributed by atoms with van der Waals surface area (Å²) in [4.78, 5) is 7.02. The number of fused-ring (bicyclic) bond motifs is 12. The van der Waals surface area contributed by atoms with Crippen LogP contribution in [0, 0.1) is 0 Å². The predicted molar refractivity (Wildman–Crippen MR) is 122 cm³/mol. The molecule has 0 unspecified atom stereocenters. The van der Waals surface area contributed by atoms with Crippen molar-refractivity contribution in [2.45, 2.75) is 6.54 Å². The molecule has 6 saturated heterocycles. The summed E-state index contributed by atoms with van der Waals surface area (Å²) in [5.41, 5.74) is 1.23. The summed E-state index contributed by atoms with van der Waals surface area (Å²) in [7, 11) is -5.70. The summed E-state index contributed by atoms with van der Waals surface area (Å²) in [5.74, 6) is 0. The van der Waals surface area contributed by atoms with E-state index in [9.17, 15) is 0 Å². The summed E-state index contributed by atoms with van der Waals surface area (Å²) < 4.78 is 38.0. The van der Waals surface area contributed by atoms with Crippen molar-refractivity contribution in [1.29, 1.82) is 0 Å². The number of benzene rings is 1. The molecule has 0 aliphatic carbocycles. The summed E-state index contributed by atoms with van der Waals surface area (Å²) in [6.45, 7) is 10.2. The van der Waals surface area contributed by atoms with Gasteiger partial charge in [0.2, 0.25) is 0 Å². The van der Waals surface area contributed by atoms with E-state index in [2.05, 4.69) is 39.0 Å². The van der Waals surface area contributed by atoms with Crippen LogP contribution in [-0.4, -0.2) is 124 Å². The first-order chi connectivity index (χ1) is 15.7. The second-order valence-electron chi connectivity index (χ2n) is 8.77. The summed E-state index contributed by atoms with van der Waals surface area (Å²) >= 11 is 0. The highest BCUT2D eigenvalue weighted by molar-refractivity contribution is 6.62. The molecule has 11 heteroatoms. The van der Waals surface area contributed by atoms with Gasteiger partial charge in [-0.2, -0.15) is 0 Å². The Morgan fingerprint density at radius 2 is 0.969 bits per heavy atom. The maximum atomic E-state index is 6.34. The standard InChI is InChI=1S/C21H35N3O6Si2/c1-2-4-21(5-3-1)18-24(19-31-25-12-6-22(7-13-26-31)8-14-27-31)20-32-28-15-9-23(10-16-29-32)11-17-30-32/h1-5H,6-20H2. The molecule has 9 nitrogen and oxygen atoms in total. The molecule has 0 N–H and O–H groups in total. The van der Waals surface area contributed by atoms with Crippen LogP contribution in [-0.2, 0) is 33.1 Å². The van der Waals surface area contributed by atoms with E-state index in [0.29, 0.717) is 52.0 Å². The monoisotopic (exact) mass is 481 g/mol. The smallest absolute Gasteiger partial charge is 0.371 e. The molecular formula is C21H35N3O6Si2. The fraction of sp³-hybridized carbons (Fsp3) is 0.714. The fourth-order valence-corrected chi connectivity index (χ4v) is 9.96. The average Bonchev–Trinajstić information content (AvgIpc) is 2.70. The Kier molecular flexibility index (Phi) is 7.71. The van der Waals surface area contributed by atoms with E-state index >= 15 is 0 Å². The third kappa shape index (κ3) is 5.85. The number of nitrogens with zero attached hydrogens (tertiary/aromatic N) is 3. The van der Waals surface area contributed by atoms with Gasteiger partial charge in [0.25, 0.3) is 0 Å². The topological polar surface area (TPSA) is 65.1 Å². The van der Waals surface area contributed by atoms with Crippen molar-refractivity contribution in [1.82, 2.24) is 14.7 Å². The van der Waals surface area contributed by atoms with E-state index < -0.39 is 17.6 Å². The molecule has 1 aromatic rings. The fourth-order valence-electron chi connectivity index (χ4n) is 4.73. The SMILES string of the molecule is c1ccc(CN(C[Si]23OCCN(CCO2)CCO3)C[Si]23OCCN(CCO2)CCO3)cc1. The molecule has 0 saturated carbocycles. The van der Waals surface area contributed by atoms with Crippen molar-refractivity contribution in [2.24, 2.45) is 0 Å². The van der Waals surface area contributed by atoms with E-state index in [-0.39, 0.29) is 0 Å². The summed E-state index contributed by atoms with van der Waals surface area (Å²) in [5, 5.41) is 0. The van der Waals surface area contributed by atoms with Crippen LogP contribution in [0.5, 0.6) is 0 Å². The second-order valence-corrected chi connectivity index (χ2v) is 13.9. The van der Waals surface area contributed by atoms with Gasteiger partial charge in [0.15, 0.2) is 0 Å². The first-order valence-corrected chi connectivity index (χ1v) is 15.6. The molecule has 178 valence electrons. The zero-order chi connectivity index (χ0) is 21.7. The highest BCUT2D eigenvalue weighted by Crippen LogP contribution is 2.23. The average molecular weight is 482 g/mol. The molecule has 0 atom stereocenters. The Morgan fingerprint density at radius 3 is 1.34 bits per heavy atom. The van der Waals surface area contributed by atoms with Crippen LogP contribution in [0.4, 0.5) is 0 Å². The Labute approximate surface area is 192 Å². The lowest BCUT2D eigenvalue weighted by atomic mass is 10.2. The van der Waals surface area contributed by atoms with Crippen LogP contribution in [0.2, 0.25) is 0 Å². The van der Waals surface area contributed by atoms with Crippen molar-refractivity contribution in [2.75, 3.05) is 91.2 Å². The quantitative estimate of drug-likeness (QED) is 0.530. The summed E-state index contributed by atoms with van der Waals surface area (Å²) in [6, 6.07) is 10.5. The molecule has 4 bridgehead atoms. The molecule has 0 amide bonds. The van der Waals surface area contributed by atoms with Gasteiger partial charge in [0, 0.05) is 45.8 Å². The zero-order valence-corrected chi connectivity index (χ0v) is 20.8. The lowest BCUT2D eigenvalue weighted by Crippen LogP contribution is -2.65. The minimum atomic E-state index is -2.85. The normalized spacial score (nSPS) is 36.0. The Balaban J connectivity index is 1.37. The van der Waals surface area contributed by atoms with Crippen LogP contribution in [0.1, 0.15) is 5.56 Å². The van der Waals surface area contributed by atoms with Crippen molar-refractivity contribution >= 4 is 17.6 Å². The van der Waals surface area contributed by atoms with Gasteiger partial charge in [-0.15, -0.1) is 0 Å². The third-order valence-corrected chi connectivity index (χ3v) is 12.0. The third-order valence-electron chi connectivity index (χ3n) is 6.46. The summed E-state index contributed by atoms with van der Waals surface area (Å²) in [6.07, 6.45) is 1.22. The van der Waals surface area contributed by atoms with Crippen molar-refractivity contribution in [3.8, 4) is 0 Å². The van der Waals surface area contributed by atoms with Gasteiger partial charge >= 0.3 is 17.6 Å². The van der Waals surface area contributed by atoms with Gasteiger partial charge in [0.05, 0.1) is 52.0 Å². The largest absolute Gasteiger partial charge is 0.515 e.